The van der Waals surface area contributed by atoms with E-state index in [1.54, 1.807) is 11.8 Å². The summed E-state index contributed by atoms with van der Waals surface area (Å²) in [7, 11) is 2.85. The van der Waals surface area contributed by atoms with Gasteiger partial charge in [0.25, 0.3) is 5.91 Å². The average Bonchev–Trinajstić information content (AvgIpc) is 3.56. The number of ketones is 1. The number of rotatable bonds is 10. The molecule has 2 aromatic rings. The molecule has 3 heterocycles. The maximum absolute atomic E-state index is 14.4. The van der Waals surface area contributed by atoms with Gasteiger partial charge in [0.05, 0.1) is 31.7 Å². The molecule has 3 aliphatic rings. The fraction of sp³-hybridized carbons (Fsp3) is 0.667. The van der Waals surface area contributed by atoms with Crippen LogP contribution in [0.5, 0.6) is 5.88 Å². The number of halogens is 4. The molecule has 2 aliphatic carbocycles. The highest BCUT2D eigenvalue weighted by Gasteiger charge is 2.58. The summed E-state index contributed by atoms with van der Waals surface area (Å²) in [5.74, 6) is -0.965. The molecule has 2 atom stereocenters. The Morgan fingerprint density at radius 3 is 2.49 bits per heavy atom. The summed E-state index contributed by atoms with van der Waals surface area (Å²) in [6, 6.07) is 2.91. The molecule has 2 saturated carbocycles. The number of amides is 1. The molecule has 0 bridgehead atoms. The molecule has 1 saturated heterocycles. The molecule has 0 unspecified atom stereocenters. The van der Waals surface area contributed by atoms with Gasteiger partial charge in [-0.3, -0.25) is 14.7 Å². The Labute approximate surface area is 247 Å². The van der Waals surface area contributed by atoms with E-state index in [2.05, 4.69) is 15.2 Å². The van der Waals surface area contributed by atoms with Crippen molar-refractivity contribution in [2.45, 2.75) is 88.1 Å². The number of ether oxygens (including phenoxy) is 3. The van der Waals surface area contributed by atoms with Crippen molar-refractivity contribution in [1.82, 2.24) is 20.1 Å². The van der Waals surface area contributed by atoms with Crippen LogP contribution in [0.15, 0.2) is 18.3 Å². The van der Waals surface area contributed by atoms with E-state index in [9.17, 15) is 27.2 Å². The van der Waals surface area contributed by atoms with Gasteiger partial charge in [0, 0.05) is 43.2 Å². The molecule has 236 valence electrons. The molecule has 1 amide bonds. The average molecular weight is 611 g/mol. The molecule has 1 spiro atoms. The Hall–Kier alpha value is -3.06. The number of hydrogen-bond acceptors (Lipinski definition) is 7. The van der Waals surface area contributed by atoms with Gasteiger partial charge in [-0.15, -0.1) is 0 Å². The molecule has 13 heteroatoms. The van der Waals surface area contributed by atoms with Crippen molar-refractivity contribution in [2.24, 2.45) is 11.8 Å². The van der Waals surface area contributed by atoms with Crippen molar-refractivity contribution in [3.8, 4) is 17.1 Å². The molecule has 2 aromatic heterocycles. The number of aromatic amines is 1. The Morgan fingerprint density at radius 1 is 1.14 bits per heavy atom. The Kier molecular flexibility index (Phi) is 8.86. The van der Waals surface area contributed by atoms with E-state index in [0.717, 1.165) is 19.0 Å². The molecule has 0 aromatic carbocycles. The number of nitrogens with one attached hydrogen (secondary N) is 1. The van der Waals surface area contributed by atoms with E-state index in [-0.39, 0.29) is 79.4 Å². The summed E-state index contributed by atoms with van der Waals surface area (Å²) in [5.41, 5.74) is -1.99. The van der Waals surface area contributed by atoms with Gasteiger partial charge in [0.2, 0.25) is 5.88 Å². The number of alkyl halides is 3. The standard InChI is InChI=1S/C30H38F4N4O5/c1-18(41-2)17-43-29(30(32,33)34)7-4-19(5-8-29)12-25(39)20-6-11-38(28(15-20)9-10-28)27(40)24-14-23(36-37-24)21-13-26(42-3)35-16-22(21)31/h13-14,16,18-20H,4-12,15,17H2,1-3H3,(H,36,37)/t18-,19-,20-,29-/m0/s1. The first-order chi connectivity index (χ1) is 20.4. The van der Waals surface area contributed by atoms with Crippen LogP contribution in [0.25, 0.3) is 11.3 Å². The smallest absolute Gasteiger partial charge is 0.417 e. The number of methoxy groups -OCH3 is 2. The molecule has 0 radical (unpaired) electrons. The second kappa shape index (κ2) is 12.1. The van der Waals surface area contributed by atoms with Gasteiger partial charge in [-0.2, -0.15) is 18.3 Å². The minimum absolute atomic E-state index is 0.0565. The van der Waals surface area contributed by atoms with Gasteiger partial charge < -0.3 is 19.1 Å². The predicted molar refractivity (Wildman–Crippen MR) is 147 cm³/mol. The third-order valence-corrected chi connectivity index (χ3v) is 9.47. The van der Waals surface area contributed by atoms with Gasteiger partial charge in [-0.05, 0) is 70.3 Å². The van der Waals surface area contributed by atoms with Crippen LogP contribution in [-0.2, 0) is 14.3 Å². The summed E-state index contributed by atoms with van der Waals surface area (Å²) in [6.45, 7) is 1.89. The van der Waals surface area contributed by atoms with Crippen LogP contribution >= 0.6 is 0 Å². The summed E-state index contributed by atoms with van der Waals surface area (Å²) >= 11 is 0. The highest BCUT2D eigenvalue weighted by atomic mass is 19.4. The Balaban J connectivity index is 1.18. The SMILES string of the molecule is COc1cc(-c2cc(C(=O)N3CC[C@H](C(=O)C[C@H]4CC[C@@](OC[C@H](C)OC)(C(F)(F)F)CC4)CC34CC4)n[nH]2)c(F)cn1. The number of carbonyl (C=O) groups excluding carboxylic acids is 2. The molecular weight excluding hydrogens is 572 g/mol. The van der Waals surface area contributed by atoms with E-state index >= 15 is 0 Å². The second-order valence-electron chi connectivity index (χ2n) is 12.2. The summed E-state index contributed by atoms with van der Waals surface area (Å²) < 4.78 is 71.9. The highest BCUT2D eigenvalue weighted by molar-refractivity contribution is 5.94. The number of hydrogen-bond donors (Lipinski definition) is 1. The van der Waals surface area contributed by atoms with Crippen LogP contribution in [0.3, 0.4) is 0 Å². The van der Waals surface area contributed by atoms with Gasteiger partial charge in [-0.1, -0.05) is 0 Å². The van der Waals surface area contributed by atoms with Crippen LogP contribution in [0.1, 0.15) is 75.2 Å². The monoisotopic (exact) mass is 610 g/mol. The summed E-state index contributed by atoms with van der Waals surface area (Å²) in [4.78, 5) is 32.4. The summed E-state index contributed by atoms with van der Waals surface area (Å²) in [6.07, 6.45) is -0.949. The number of nitrogens with zero attached hydrogens (tertiary/aromatic N) is 3. The number of likely N-dealkylation sites (tertiary alicyclic amines) is 1. The lowest BCUT2D eigenvalue weighted by Gasteiger charge is -2.42. The summed E-state index contributed by atoms with van der Waals surface area (Å²) in [5, 5.41) is 6.86. The number of pyridine rings is 1. The number of Topliss-reactive ketones (excluding diaryl/α,β-unsaturated/α-hetero) is 1. The lowest BCUT2D eigenvalue weighted by molar-refractivity contribution is -0.294. The first-order valence-electron chi connectivity index (χ1n) is 14.7. The van der Waals surface area contributed by atoms with Crippen LogP contribution in [0.2, 0.25) is 0 Å². The quantitative estimate of drug-likeness (QED) is 0.354. The van der Waals surface area contributed by atoms with E-state index in [4.69, 9.17) is 14.2 Å². The van der Waals surface area contributed by atoms with Crippen LogP contribution in [-0.4, -0.2) is 82.6 Å². The molecule has 9 nitrogen and oxygen atoms in total. The minimum atomic E-state index is -4.50. The van der Waals surface area contributed by atoms with Crippen molar-refractivity contribution < 1.29 is 41.4 Å². The molecular formula is C30H38F4N4O5. The van der Waals surface area contributed by atoms with Crippen molar-refractivity contribution in [3.05, 3.63) is 29.8 Å². The fourth-order valence-electron chi connectivity index (χ4n) is 6.50. The number of piperidine rings is 1. The second-order valence-corrected chi connectivity index (χ2v) is 12.2. The minimum Gasteiger partial charge on any atom is -0.481 e. The highest BCUT2D eigenvalue weighted by Crippen LogP contribution is 2.52. The number of H-pyrrole nitrogens is 1. The lowest BCUT2D eigenvalue weighted by atomic mass is 9.74. The maximum Gasteiger partial charge on any atom is 0.417 e. The fourth-order valence-corrected chi connectivity index (χ4v) is 6.50. The van der Waals surface area contributed by atoms with E-state index in [1.165, 1.54) is 26.4 Å². The van der Waals surface area contributed by atoms with Gasteiger partial charge in [0.15, 0.2) is 17.1 Å². The van der Waals surface area contributed by atoms with Gasteiger partial charge in [-0.25, -0.2) is 9.37 Å². The van der Waals surface area contributed by atoms with Gasteiger partial charge >= 0.3 is 6.18 Å². The number of carbonyl (C=O) groups is 2. The normalized spacial score (nSPS) is 25.9. The first kappa shape index (κ1) is 31.4. The third-order valence-electron chi connectivity index (χ3n) is 9.47. The molecule has 43 heavy (non-hydrogen) atoms. The zero-order valence-corrected chi connectivity index (χ0v) is 24.6. The van der Waals surface area contributed by atoms with Gasteiger partial charge in [0.1, 0.15) is 5.78 Å². The van der Waals surface area contributed by atoms with Crippen molar-refractivity contribution in [3.63, 3.8) is 0 Å². The first-order valence-corrected chi connectivity index (χ1v) is 14.7. The van der Waals surface area contributed by atoms with Crippen LogP contribution < -0.4 is 4.74 Å². The zero-order chi connectivity index (χ0) is 31.0. The van der Waals surface area contributed by atoms with Crippen molar-refractivity contribution in [2.75, 3.05) is 27.4 Å². The van der Waals surface area contributed by atoms with E-state index in [0.29, 0.717) is 25.1 Å². The van der Waals surface area contributed by atoms with Crippen LogP contribution in [0, 0.1) is 17.7 Å². The topological polar surface area (TPSA) is 107 Å². The lowest BCUT2D eigenvalue weighted by Crippen LogP contribution is -2.51. The maximum atomic E-state index is 14.4. The Bertz CT molecular complexity index is 1320. The van der Waals surface area contributed by atoms with E-state index < -0.39 is 29.2 Å². The Morgan fingerprint density at radius 2 is 1.86 bits per heavy atom. The van der Waals surface area contributed by atoms with Crippen LogP contribution in [0.4, 0.5) is 17.6 Å². The molecule has 1 aliphatic heterocycles. The molecule has 5 rings (SSSR count). The zero-order valence-electron chi connectivity index (χ0n) is 24.6. The predicted octanol–water partition coefficient (Wildman–Crippen LogP) is 5.51. The third kappa shape index (κ3) is 6.43. The largest absolute Gasteiger partial charge is 0.481 e. The number of aromatic nitrogens is 3. The van der Waals surface area contributed by atoms with Crippen molar-refractivity contribution >= 4 is 11.7 Å². The van der Waals surface area contributed by atoms with E-state index in [1.807, 2.05) is 0 Å². The molecule has 3 fully saturated rings. The van der Waals surface area contributed by atoms with Crippen molar-refractivity contribution in [1.29, 1.82) is 0 Å². The molecule has 1 N–H and O–H groups in total.